The Hall–Kier alpha value is -1.26. The highest BCUT2D eigenvalue weighted by Gasteiger charge is 2.33. The Morgan fingerprint density at radius 1 is 1.37 bits per heavy atom. The summed E-state index contributed by atoms with van der Waals surface area (Å²) in [5.74, 6) is -0.268. The summed E-state index contributed by atoms with van der Waals surface area (Å²) in [6.07, 6.45) is 4.79. The van der Waals surface area contributed by atoms with Gasteiger partial charge in [-0.25, -0.2) is 0 Å². The van der Waals surface area contributed by atoms with E-state index in [1.165, 1.54) is 0 Å². The van der Waals surface area contributed by atoms with Gasteiger partial charge in [-0.1, -0.05) is 36.9 Å². The highest BCUT2D eigenvalue weighted by Crippen LogP contribution is 2.29. The quantitative estimate of drug-likeness (QED) is 0.745. The number of benzene rings is 1. The molecule has 1 fully saturated rings. The standard InChI is InChI=1S/C14H19ClN2O2/c15-11-6-4-5-10(12(11)16)13(19)17-14(9-18)7-2-1-3-8-14/h4-6,18H,1-3,7-9,16H2,(H,17,19). The van der Waals surface area contributed by atoms with Crippen LogP contribution in [0.1, 0.15) is 42.5 Å². The monoisotopic (exact) mass is 282 g/mol. The van der Waals surface area contributed by atoms with Crippen molar-refractivity contribution in [1.29, 1.82) is 0 Å². The molecule has 0 bridgehead atoms. The lowest BCUT2D eigenvalue weighted by atomic mass is 9.82. The maximum Gasteiger partial charge on any atom is 0.253 e. The summed E-state index contributed by atoms with van der Waals surface area (Å²) in [4.78, 5) is 12.3. The predicted octanol–water partition coefficient (Wildman–Crippen LogP) is 2.35. The second kappa shape index (κ2) is 5.80. The van der Waals surface area contributed by atoms with Gasteiger partial charge in [-0.05, 0) is 25.0 Å². The number of para-hydroxylation sites is 1. The fourth-order valence-corrected chi connectivity index (χ4v) is 2.77. The molecule has 0 atom stereocenters. The maximum atomic E-state index is 12.3. The van der Waals surface area contributed by atoms with E-state index in [1.54, 1.807) is 18.2 Å². The molecular formula is C14H19ClN2O2. The second-order valence-electron chi connectivity index (χ2n) is 5.15. The molecule has 1 aliphatic rings. The summed E-state index contributed by atoms with van der Waals surface area (Å²) in [7, 11) is 0. The molecule has 1 amide bonds. The van der Waals surface area contributed by atoms with Crippen LogP contribution in [0.2, 0.25) is 5.02 Å². The van der Waals surface area contributed by atoms with E-state index in [0.29, 0.717) is 10.6 Å². The van der Waals surface area contributed by atoms with Gasteiger partial charge in [0, 0.05) is 0 Å². The topological polar surface area (TPSA) is 75.4 Å². The number of halogens is 1. The normalized spacial score (nSPS) is 18.0. The smallest absolute Gasteiger partial charge is 0.253 e. The van der Waals surface area contributed by atoms with Crippen LogP contribution in [0.3, 0.4) is 0 Å². The molecule has 1 aromatic carbocycles. The molecular weight excluding hydrogens is 264 g/mol. The number of rotatable bonds is 3. The van der Waals surface area contributed by atoms with E-state index >= 15 is 0 Å². The molecule has 19 heavy (non-hydrogen) atoms. The Bertz CT molecular complexity index is 471. The van der Waals surface area contributed by atoms with Gasteiger partial charge in [0.15, 0.2) is 0 Å². The molecule has 5 heteroatoms. The van der Waals surface area contributed by atoms with Crippen molar-refractivity contribution < 1.29 is 9.90 Å². The summed E-state index contributed by atoms with van der Waals surface area (Å²) >= 11 is 5.91. The lowest BCUT2D eigenvalue weighted by Crippen LogP contribution is -2.52. The SMILES string of the molecule is Nc1c(Cl)cccc1C(=O)NC1(CO)CCCCC1. The van der Waals surface area contributed by atoms with Gasteiger partial charge in [0.25, 0.3) is 5.91 Å². The third kappa shape index (κ3) is 3.01. The lowest BCUT2D eigenvalue weighted by molar-refractivity contribution is 0.0759. The average Bonchev–Trinajstić information content (AvgIpc) is 2.42. The van der Waals surface area contributed by atoms with Crippen LogP contribution in [-0.2, 0) is 0 Å². The molecule has 0 aromatic heterocycles. The molecule has 0 spiro atoms. The number of nitrogens with one attached hydrogen (secondary N) is 1. The zero-order valence-electron chi connectivity index (χ0n) is 10.8. The number of hydrogen-bond acceptors (Lipinski definition) is 3. The zero-order chi connectivity index (χ0) is 13.9. The molecule has 0 aliphatic heterocycles. The van der Waals surface area contributed by atoms with Gasteiger partial charge in [-0.15, -0.1) is 0 Å². The van der Waals surface area contributed by atoms with Crippen molar-refractivity contribution in [2.24, 2.45) is 0 Å². The second-order valence-corrected chi connectivity index (χ2v) is 5.56. The predicted molar refractivity (Wildman–Crippen MR) is 76.2 cm³/mol. The van der Waals surface area contributed by atoms with Crippen LogP contribution >= 0.6 is 11.6 Å². The van der Waals surface area contributed by atoms with E-state index in [2.05, 4.69) is 5.32 Å². The third-order valence-corrected chi connectivity index (χ3v) is 4.12. The van der Waals surface area contributed by atoms with Crippen molar-refractivity contribution in [3.63, 3.8) is 0 Å². The van der Waals surface area contributed by atoms with E-state index in [1.807, 2.05) is 0 Å². The Kier molecular flexibility index (Phi) is 4.32. The third-order valence-electron chi connectivity index (χ3n) is 3.79. The minimum Gasteiger partial charge on any atom is -0.397 e. The van der Waals surface area contributed by atoms with Crippen LogP contribution in [0.25, 0.3) is 0 Å². The van der Waals surface area contributed by atoms with E-state index in [4.69, 9.17) is 17.3 Å². The van der Waals surface area contributed by atoms with Gasteiger partial charge < -0.3 is 16.2 Å². The molecule has 1 aliphatic carbocycles. The molecule has 104 valence electrons. The average molecular weight is 283 g/mol. The van der Waals surface area contributed by atoms with E-state index in [0.717, 1.165) is 32.1 Å². The van der Waals surface area contributed by atoms with Crippen molar-refractivity contribution >= 4 is 23.2 Å². The number of anilines is 1. The van der Waals surface area contributed by atoms with Gasteiger partial charge in [-0.2, -0.15) is 0 Å². The summed E-state index contributed by atoms with van der Waals surface area (Å²) in [6.45, 7) is -0.0424. The molecule has 2 rings (SSSR count). The highest BCUT2D eigenvalue weighted by atomic mass is 35.5. The minimum atomic E-state index is -0.510. The molecule has 0 heterocycles. The zero-order valence-corrected chi connectivity index (χ0v) is 11.5. The first-order valence-electron chi connectivity index (χ1n) is 6.55. The summed E-state index contributed by atoms with van der Waals surface area (Å²) in [6, 6.07) is 4.99. The molecule has 0 unspecified atom stereocenters. The molecule has 4 N–H and O–H groups in total. The largest absolute Gasteiger partial charge is 0.397 e. The van der Waals surface area contributed by atoms with Crippen LogP contribution in [0.15, 0.2) is 18.2 Å². The number of nitrogen functional groups attached to an aromatic ring is 1. The molecule has 4 nitrogen and oxygen atoms in total. The Labute approximate surface area is 117 Å². The van der Waals surface area contributed by atoms with Crippen molar-refractivity contribution in [3.8, 4) is 0 Å². The van der Waals surface area contributed by atoms with Crippen molar-refractivity contribution in [2.75, 3.05) is 12.3 Å². The van der Waals surface area contributed by atoms with E-state index < -0.39 is 5.54 Å². The fourth-order valence-electron chi connectivity index (χ4n) is 2.59. The Morgan fingerprint density at radius 3 is 2.68 bits per heavy atom. The van der Waals surface area contributed by atoms with Gasteiger partial charge in [0.05, 0.1) is 28.4 Å². The van der Waals surface area contributed by atoms with Crippen molar-refractivity contribution in [3.05, 3.63) is 28.8 Å². The van der Waals surface area contributed by atoms with Crippen LogP contribution in [0.4, 0.5) is 5.69 Å². The Balaban J connectivity index is 2.17. The molecule has 1 saturated carbocycles. The van der Waals surface area contributed by atoms with E-state index in [-0.39, 0.29) is 18.2 Å². The Morgan fingerprint density at radius 2 is 2.05 bits per heavy atom. The van der Waals surface area contributed by atoms with Crippen molar-refractivity contribution in [2.45, 2.75) is 37.6 Å². The number of aliphatic hydroxyl groups excluding tert-OH is 1. The van der Waals surface area contributed by atoms with Crippen molar-refractivity contribution in [1.82, 2.24) is 5.32 Å². The van der Waals surface area contributed by atoms with E-state index in [9.17, 15) is 9.90 Å². The summed E-state index contributed by atoms with van der Waals surface area (Å²) < 4.78 is 0. The fraction of sp³-hybridized carbons (Fsp3) is 0.500. The minimum absolute atomic E-state index is 0.0424. The van der Waals surface area contributed by atoms with Crippen LogP contribution in [0, 0.1) is 0 Å². The molecule has 1 aromatic rings. The lowest BCUT2D eigenvalue weighted by Gasteiger charge is -2.36. The first-order chi connectivity index (χ1) is 9.08. The number of carbonyl (C=O) groups excluding carboxylic acids is 1. The molecule has 0 saturated heterocycles. The first-order valence-corrected chi connectivity index (χ1v) is 6.93. The number of carbonyl (C=O) groups is 1. The van der Waals surface area contributed by atoms with Gasteiger partial charge in [0.2, 0.25) is 0 Å². The highest BCUT2D eigenvalue weighted by molar-refractivity contribution is 6.33. The van der Waals surface area contributed by atoms with Crippen LogP contribution in [0.5, 0.6) is 0 Å². The maximum absolute atomic E-state index is 12.3. The number of hydrogen-bond donors (Lipinski definition) is 3. The van der Waals surface area contributed by atoms with Crippen LogP contribution in [-0.4, -0.2) is 23.2 Å². The number of aliphatic hydroxyl groups is 1. The van der Waals surface area contributed by atoms with Crippen LogP contribution < -0.4 is 11.1 Å². The summed E-state index contributed by atoms with van der Waals surface area (Å²) in [5, 5.41) is 12.9. The van der Waals surface area contributed by atoms with Gasteiger partial charge in [0.1, 0.15) is 0 Å². The van der Waals surface area contributed by atoms with Gasteiger partial charge in [-0.3, -0.25) is 4.79 Å². The summed E-state index contributed by atoms with van der Waals surface area (Å²) in [5.41, 5.74) is 5.96. The number of nitrogens with two attached hydrogens (primary N) is 1. The first kappa shape index (κ1) is 14.2. The number of amides is 1. The molecule has 0 radical (unpaired) electrons. The van der Waals surface area contributed by atoms with Gasteiger partial charge >= 0.3 is 0 Å².